The summed E-state index contributed by atoms with van der Waals surface area (Å²) in [6.07, 6.45) is -0.691. The van der Waals surface area contributed by atoms with Gasteiger partial charge in [0.05, 0.1) is 11.0 Å². The molecule has 4 rings (SSSR count). The molecule has 1 aliphatic heterocycles. The average molecular weight is 471 g/mol. The maximum Gasteiger partial charge on any atom is 0.261 e. The Morgan fingerprint density at radius 1 is 1.12 bits per heavy atom. The predicted octanol–water partition coefficient (Wildman–Crippen LogP) is 2.75. The van der Waals surface area contributed by atoms with Crippen LogP contribution in [0.4, 0.5) is 0 Å². The van der Waals surface area contributed by atoms with Crippen LogP contribution in [0.2, 0.25) is 0 Å². The van der Waals surface area contributed by atoms with Crippen LogP contribution >= 0.6 is 0 Å². The van der Waals surface area contributed by atoms with E-state index in [1.54, 1.807) is 12.1 Å². The fourth-order valence-corrected chi connectivity index (χ4v) is 5.77. The highest BCUT2D eigenvalue weighted by Crippen LogP contribution is 2.28. The average Bonchev–Trinajstić information content (AvgIpc) is 2.83. The first kappa shape index (κ1) is 23.2. The van der Waals surface area contributed by atoms with Crippen molar-refractivity contribution in [3.63, 3.8) is 0 Å². The highest BCUT2D eigenvalue weighted by Gasteiger charge is 2.40. The minimum Gasteiger partial charge on any atom is -0.489 e. The van der Waals surface area contributed by atoms with Gasteiger partial charge in [-0.3, -0.25) is 10.0 Å². The molecule has 1 amide bonds. The normalized spacial score (nSPS) is 19.4. The second-order valence-electron chi connectivity index (χ2n) is 8.13. The number of sulfonamides is 1. The Balaban J connectivity index is 1.52. The molecule has 0 aliphatic carbocycles. The van der Waals surface area contributed by atoms with E-state index in [1.165, 1.54) is 17.6 Å². The molecule has 8 nitrogen and oxygen atoms in total. The number of aryl methyl sites for hydroxylation is 1. The van der Waals surface area contributed by atoms with E-state index in [2.05, 4.69) is 6.07 Å². The van der Waals surface area contributed by atoms with E-state index in [9.17, 15) is 18.3 Å². The number of hydroxylamine groups is 1. The lowest BCUT2D eigenvalue weighted by molar-refractivity contribution is -0.135. The summed E-state index contributed by atoms with van der Waals surface area (Å²) in [4.78, 5) is 12.0. The van der Waals surface area contributed by atoms with Crippen LogP contribution in [0.25, 0.3) is 10.8 Å². The number of aliphatic hydroxyl groups is 1. The van der Waals surface area contributed by atoms with Crippen LogP contribution in [-0.4, -0.2) is 47.6 Å². The van der Waals surface area contributed by atoms with Crippen LogP contribution in [0.5, 0.6) is 5.75 Å². The van der Waals surface area contributed by atoms with Crippen molar-refractivity contribution < 1.29 is 28.3 Å². The summed E-state index contributed by atoms with van der Waals surface area (Å²) >= 11 is 0. The summed E-state index contributed by atoms with van der Waals surface area (Å²) in [7, 11) is -4.01. The first-order valence-corrected chi connectivity index (χ1v) is 12.1. The lowest BCUT2D eigenvalue weighted by atomic mass is 10.0. The van der Waals surface area contributed by atoms with Gasteiger partial charge in [-0.05, 0) is 60.4 Å². The van der Waals surface area contributed by atoms with Crippen molar-refractivity contribution in [3.8, 4) is 5.75 Å². The number of amides is 1. The van der Waals surface area contributed by atoms with Crippen LogP contribution in [0.15, 0.2) is 65.6 Å². The van der Waals surface area contributed by atoms with Crippen molar-refractivity contribution in [2.75, 3.05) is 6.54 Å². The third kappa shape index (κ3) is 4.72. The van der Waals surface area contributed by atoms with Gasteiger partial charge in [0.1, 0.15) is 18.4 Å². The maximum atomic E-state index is 13.1. The highest BCUT2D eigenvalue weighted by molar-refractivity contribution is 7.89. The highest BCUT2D eigenvalue weighted by atomic mass is 32.2. The van der Waals surface area contributed by atoms with Gasteiger partial charge in [0, 0.05) is 12.1 Å². The molecule has 2 atom stereocenters. The predicted molar refractivity (Wildman–Crippen MR) is 122 cm³/mol. The maximum absolute atomic E-state index is 13.1. The first-order valence-electron chi connectivity index (χ1n) is 10.6. The zero-order valence-electron chi connectivity index (χ0n) is 18.1. The monoisotopic (exact) mass is 470 g/mol. The Morgan fingerprint density at radius 2 is 1.85 bits per heavy atom. The number of rotatable bonds is 6. The number of piperidine rings is 1. The molecule has 9 heteroatoms. The van der Waals surface area contributed by atoms with Crippen molar-refractivity contribution >= 4 is 26.7 Å². The summed E-state index contributed by atoms with van der Waals surface area (Å²) < 4.78 is 33.3. The Morgan fingerprint density at radius 3 is 2.58 bits per heavy atom. The molecule has 0 bridgehead atoms. The third-order valence-electron chi connectivity index (χ3n) is 6.03. The van der Waals surface area contributed by atoms with Gasteiger partial charge in [-0.1, -0.05) is 36.4 Å². The fraction of sp³-hybridized carbons (Fsp3) is 0.292. The van der Waals surface area contributed by atoms with Crippen LogP contribution in [0.3, 0.4) is 0 Å². The van der Waals surface area contributed by atoms with Crippen LogP contribution < -0.4 is 10.2 Å². The molecular weight excluding hydrogens is 444 g/mol. The molecule has 0 radical (unpaired) electrons. The summed E-state index contributed by atoms with van der Waals surface area (Å²) in [6, 6.07) is 17.0. The van der Waals surface area contributed by atoms with E-state index >= 15 is 0 Å². The summed E-state index contributed by atoms with van der Waals surface area (Å²) in [5, 5.41) is 21.1. The number of benzene rings is 3. The lowest BCUT2D eigenvalue weighted by Crippen LogP contribution is -2.54. The molecule has 3 aromatic rings. The van der Waals surface area contributed by atoms with Gasteiger partial charge in [-0.2, -0.15) is 4.31 Å². The van der Waals surface area contributed by atoms with Crippen LogP contribution in [0.1, 0.15) is 24.0 Å². The Hall–Kier alpha value is -2.98. The number of carbonyl (C=O) groups excluding carboxylic acids is 1. The molecule has 1 heterocycles. The van der Waals surface area contributed by atoms with Gasteiger partial charge >= 0.3 is 0 Å². The van der Waals surface area contributed by atoms with Gasteiger partial charge in [-0.25, -0.2) is 13.9 Å². The fourth-order valence-electron chi connectivity index (χ4n) is 4.16. The second-order valence-corrected chi connectivity index (χ2v) is 10.0. The topological polar surface area (TPSA) is 116 Å². The largest absolute Gasteiger partial charge is 0.489 e. The molecular formula is C24H26N2O6S. The van der Waals surface area contributed by atoms with Gasteiger partial charge in [-0.15, -0.1) is 0 Å². The number of nitrogens with one attached hydrogen (secondary N) is 1. The molecule has 1 fully saturated rings. The van der Waals surface area contributed by atoms with E-state index < -0.39 is 28.1 Å². The van der Waals surface area contributed by atoms with E-state index in [0.29, 0.717) is 12.4 Å². The summed E-state index contributed by atoms with van der Waals surface area (Å²) in [5.74, 6) is -0.359. The molecule has 3 aromatic carbocycles. The standard InChI is InChI=1S/C24H26N2O6S/c1-16-6-7-17-4-2-3-5-21(17)22(16)15-32-19-8-10-20(11-9-19)33(30,31)26-13-12-18(27)14-23(26)24(28)25-29/h2-11,18,23,27,29H,12-15H2,1H3,(H,25,28). The quantitative estimate of drug-likeness (QED) is 0.377. The number of hydrogen-bond acceptors (Lipinski definition) is 6. The van der Waals surface area contributed by atoms with Gasteiger partial charge in [0.15, 0.2) is 0 Å². The molecule has 1 saturated heterocycles. The van der Waals surface area contributed by atoms with Gasteiger partial charge < -0.3 is 9.84 Å². The summed E-state index contributed by atoms with van der Waals surface area (Å²) in [6.45, 7) is 2.33. The Labute approximate surface area is 192 Å². The number of hydrogen-bond donors (Lipinski definition) is 3. The zero-order valence-corrected chi connectivity index (χ0v) is 19.0. The number of ether oxygens (including phenoxy) is 1. The second kappa shape index (κ2) is 9.48. The number of aliphatic hydroxyl groups excluding tert-OH is 1. The molecule has 174 valence electrons. The number of fused-ring (bicyclic) bond motifs is 1. The molecule has 3 N–H and O–H groups in total. The molecule has 0 aromatic heterocycles. The lowest BCUT2D eigenvalue weighted by Gasteiger charge is -2.35. The van der Waals surface area contributed by atoms with E-state index in [1.807, 2.05) is 37.3 Å². The summed E-state index contributed by atoms with van der Waals surface area (Å²) in [5.41, 5.74) is 3.66. The number of nitrogens with zero attached hydrogens (tertiary/aromatic N) is 1. The number of carbonyl (C=O) groups is 1. The van der Waals surface area contributed by atoms with Crippen LogP contribution in [0, 0.1) is 6.92 Å². The first-order chi connectivity index (χ1) is 15.8. The molecule has 1 aliphatic rings. The zero-order chi connectivity index (χ0) is 23.6. The minimum atomic E-state index is -4.01. The SMILES string of the molecule is Cc1ccc2ccccc2c1COc1ccc(S(=O)(=O)N2CCC(O)CC2C(=O)NO)cc1. The van der Waals surface area contributed by atoms with E-state index in [0.717, 1.165) is 26.2 Å². The molecule has 0 spiro atoms. The van der Waals surface area contributed by atoms with E-state index in [4.69, 9.17) is 9.94 Å². The van der Waals surface area contributed by atoms with Crippen molar-refractivity contribution in [2.24, 2.45) is 0 Å². The van der Waals surface area contributed by atoms with E-state index in [-0.39, 0.29) is 24.3 Å². The van der Waals surface area contributed by atoms with Crippen molar-refractivity contribution in [3.05, 3.63) is 71.8 Å². The van der Waals surface area contributed by atoms with Crippen molar-refractivity contribution in [1.29, 1.82) is 0 Å². The molecule has 0 saturated carbocycles. The van der Waals surface area contributed by atoms with Gasteiger partial charge in [0.2, 0.25) is 10.0 Å². The Kier molecular flexibility index (Phi) is 6.66. The third-order valence-corrected chi connectivity index (χ3v) is 7.95. The smallest absolute Gasteiger partial charge is 0.261 e. The van der Waals surface area contributed by atoms with Crippen molar-refractivity contribution in [1.82, 2.24) is 9.79 Å². The van der Waals surface area contributed by atoms with Crippen LogP contribution in [-0.2, 0) is 21.4 Å². The Bertz CT molecular complexity index is 1260. The molecule has 33 heavy (non-hydrogen) atoms. The minimum absolute atomic E-state index is 0.00308. The molecule has 2 unspecified atom stereocenters. The van der Waals surface area contributed by atoms with Crippen molar-refractivity contribution in [2.45, 2.75) is 43.4 Å². The van der Waals surface area contributed by atoms with Gasteiger partial charge in [0.25, 0.3) is 5.91 Å².